The summed E-state index contributed by atoms with van der Waals surface area (Å²) in [7, 11) is 0. The zero-order valence-electron chi connectivity index (χ0n) is 12.6. The second-order valence-electron chi connectivity index (χ2n) is 5.13. The monoisotopic (exact) mass is 296 g/mol. The van der Waals surface area contributed by atoms with Crippen molar-refractivity contribution in [2.24, 2.45) is 0 Å². The topological polar surface area (TPSA) is 61.6 Å². The van der Waals surface area contributed by atoms with E-state index in [1.807, 2.05) is 12.3 Å². The van der Waals surface area contributed by atoms with E-state index in [1.54, 1.807) is 16.8 Å². The first-order chi connectivity index (χ1) is 10.8. The summed E-state index contributed by atoms with van der Waals surface area (Å²) in [6.45, 7) is 4.95. The Morgan fingerprint density at radius 1 is 1.09 bits per heavy atom. The lowest BCUT2D eigenvalue weighted by Gasteiger charge is -2.07. The molecule has 114 valence electrons. The maximum atomic E-state index is 9.84. The van der Waals surface area contributed by atoms with Gasteiger partial charge in [0, 0.05) is 36.6 Å². The van der Waals surface area contributed by atoms with Crippen LogP contribution >= 0.6 is 0 Å². The summed E-state index contributed by atoms with van der Waals surface area (Å²) in [5.41, 5.74) is 3.95. The first-order valence-corrected chi connectivity index (χ1v) is 7.49. The fraction of sp³-hybridized carbons (Fsp3) is 0.235. The molecule has 3 aromatic rings. The smallest absolute Gasteiger partial charge is 0.142 e. The third-order valence-electron chi connectivity index (χ3n) is 3.59. The lowest BCUT2D eigenvalue weighted by Crippen LogP contribution is -2.21. The van der Waals surface area contributed by atoms with Crippen molar-refractivity contribution in [2.45, 2.75) is 6.92 Å². The van der Waals surface area contributed by atoms with Crippen molar-refractivity contribution in [3.63, 3.8) is 0 Å². The Kier molecular flexibility index (Phi) is 4.25. The predicted molar refractivity (Wildman–Crippen MR) is 89.3 cm³/mol. The molecule has 0 aliphatic heterocycles. The fourth-order valence-corrected chi connectivity index (χ4v) is 2.41. The highest BCUT2D eigenvalue weighted by Crippen LogP contribution is 2.27. The second kappa shape index (κ2) is 6.49. The summed E-state index contributed by atoms with van der Waals surface area (Å²) >= 11 is 0. The molecule has 2 heterocycles. The number of benzene rings is 1. The van der Waals surface area contributed by atoms with Crippen LogP contribution in [0.2, 0.25) is 0 Å². The summed E-state index contributed by atoms with van der Waals surface area (Å²) in [4.78, 5) is 0. The molecular formula is C17H20N4O. The molecule has 0 amide bonds. The first kappa shape index (κ1) is 14.4. The van der Waals surface area contributed by atoms with Crippen molar-refractivity contribution in [1.29, 1.82) is 0 Å². The van der Waals surface area contributed by atoms with Crippen LogP contribution in [-0.4, -0.2) is 34.4 Å². The molecule has 0 bridgehead atoms. The van der Waals surface area contributed by atoms with Crippen LogP contribution < -0.4 is 10.6 Å². The molecule has 0 unspecified atom stereocenters. The normalized spacial score (nSPS) is 11.0. The summed E-state index contributed by atoms with van der Waals surface area (Å²) in [6, 6.07) is 11.8. The summed E-state index contributed by atoms with van der Waals surface area (Å²) in [5.74, 6) is 0.239. The molecule has 22 heavy (non-hydrogen) atoms. The highest BCUT2D eigenvalue weighted by atomic mass is 16.3. The van der Waals surface area contributed by atoms with Crippen LogP contribution in [-0.2, 0) is 0 Å². The Labute approximate surface area is 129 Å². The van der Waals surface area contributed by atoms with E-state index in [4.69, 9.17) is 0 Å². The van der Waals surface area contributed by atoms with Gasteiger partial charge in [-0.1, -0.05) is 19.1 Å². The average Bonchev–Trinajstić information content (AvgIpc) is 2.98. The number of anilines is 1. The van der Waals surface area contributed by atoms with Crippen molar-refractivity contribution in [2.75, 3.05) is 25.0 Å². The molecule has 5 heteroatoms. The lowest BCUT2D eigenvalue weighted by molar-refractivity contribution is 0.477. The minimum absolute atomic E-state index is 0.239. The molecule has 3 rings (SSSR count). The number of aromatic hydroxyl groups is 1. The Hall–Kier alpha value is -2.53. The Morgan fingerprint density at radius 2 is 1.91 bits per heavy atom. The molecule has 5 nitrogen and oxygen atoms in total. The van der Waals surface area contributed by atoms with Gasteiger partial charge in [0.2, 0.25) is 0 Å². The minimum Gasteiger partial charge on any atom is -0.506 e. The van der Waals surface area contributed by atoms with Crippen LogP contribution in [0.25, 0.3) is 16.6 Å². The van der Waals surface area contributed by atoms with Crippen molar-refractivity contribution >= 4 is 11.2 Å². The molecule has 0 atom stereocenters. The molecule has 0 saturated carbocycles. The summed E-state index contributed by atoms with van der Waals surface area (Å²) in [5, 5.41) is 20.7. The van der Waals surface area contributed by atoms with E-state index in [0.717, 1.165) is 36.4 Å². The van der Waals surface area contributed by atoms with Crippen molar-refractivity contribution in [3.8, 4) is 16.9 Å². The number of rotatable bonds is 6. The second-order valence-corrected chi connectivity index (χ2v) is 5.13. The zero-order valence-corrected chi connectivity index (χ0v) is 12.6. The van der Waals surface area contributed by atoms with Gasteiger partial charge in [0.25, 0.3) is 0 Å². The predicted octanol–water partition coefficient (Wildman–Crippen LogP) is 2.73. The number of nitrogens with zero attached hydrogens (tertiary/aromatic N) is 2. The van der Waals surface area contributed by atoms with Crippen LogP contribution in [0.3, 0.4) is 0 Å². The maximum absolute atomic E-state index is 9.84. The molecule has 3 N–H and O–H groups in total. The van der Waals surface area contributed by atoms with E-state index in [0.29, 0.717) is 5.52 Å². The van der Waals surface area contributed by atoms with Crippen LogP contribution in [0, 0.1) is 0 Å². The number of aromatic nitrogens is 2. The molecule has 0 radical (unpaired) electrons. The van der Waals surface area contributed by atoms with E-state index >= 15 is 0 Å². The molecule has 0 spiro atoms. The number of hydrogen-bond acceptors (Lipinski definition) is 4. The third kappa shape index (κ3) is 3.04. The van der Waals surface area contributed by atoms with Crippen molar-refractivity contribution in [1.82, 2.24) is 14.9 Å². The van der Waals surface area contributed by atoms with Gasteiger partial charge in [0.15, 0.2) is 0 Å². The molecule has 0 fully saturated rings. The molecule has 1 aromatic carbocycles. The van der Waals surface area contributed by atoms with Gasteiger partial charge in [-0.25, -0.2) is 4.52 Å². The molecule has 0 saturated heterocycles. The SMILES string of the molecule is CCNCCNc1ccc(-c2cc3c(O)ccnn3c2)cc1. The quantitative estimate of drug-likeness (QED) is 0.612. The van der Waals surface area contributed by atoms with Crippen LogP contribution in [0.5, 0.6) is 5.75 Å². The Bertz CT molecular complexity index is 749. The van der Waals surface area contributed by atoms with Crippen LogP contribution in [0.15, 0.2) is 48.8 Å². The highest BCUT2D eigenvalue weighted by molar-refractivity contribution is 5.74. The fourth-order valence-electron chi connectivity index (χ4n) is 2.41. The lowest BCUT2D eigenvalue weighted by atomic mass is 10.1. The van der Waals surface area contributed by atoms with Gasteiger partial charge >= 0.3 is 0 Å². The summed E-state index contributed by atoms with van der Waals surface area (Å²) in [6.07, 6.45) is 3.51. The number of hydrogen-bond donors (Lipinski definition) is 3. The van der Waals surface area contributed by atoms with Crippen molar-refractivity contribution in [3.05, 3.63) is 48.8 Å². The van der Waals surface area contributed by atoms with Crippen LogP contribution in [0.4, 0.5) is 5.69 Å². The van der Waals surface area contributed by atoms with E-state index in [9.17, 15) is 5.11 Å². The third-order valence-corrected chi connectivity index (χ3v) is 3.59. The van der Waals surface area contributed by atoms with Gasteiger partial charge in [-0.2, -0.15) is 5.10 Å². The van der Waals surface area contributed by atoms with E-state index < -0.39 is 0 Å². The molecule has 2 aromatic heterocycles. The van der Waals surface area contributed by atoms with E-state index in [-0.39, 0.29) is 5.75 Å². The summed E-state index contributed by atoms with van der Waals surface area (Å²) < 4.78 is 1.69. The Morgan fingerprint density at radius 3 is 2.64 bits per heavy atom. The van der Waals surface area contributed by atoms with Crippen molar-refractivity contribution < 1.29 is 5.11 Å². The molecular weight excluding hydrogens is 276 g/mol. The van der Waals surface area contributed by atoms with Gasteiger partial charge in [0.1, 0.15) is 11.3 Å². The Balaban J connectivity index is 1.75. The average molecular weight is 296 g/mol. The first-order valence-electron chi connectivity index (χ1n) is 7.49. The minimum atomic E-state index is 0.239. The zero-order chi connectivity index (χ0) is 15.4. The van der Waals surface area contributed by atoms with Crippen LogP contribution in [0.1, 0.15) is 6.92 Å². The maximum Gasteiger partial charge on any atom is 0.142 e. The highest BCUT2D eigenvalue weighted by Gasteiger charge is 2.06. The van der Waals surface area contributed by atoms with Gasteiger partial charge in [-0.3, -0.25) is 0 Å². The standard InChI is InChI=1S/C17H20N4O/c1-2-18-9-10-19-15-5-3-13(4-6-15)14-11-16-17(22)7-8-20-21(16)12-14/h3-8,11-12,18-19,22H,2,9-10H2,1H3. The number of fused-ring (bicyclic) bond motifs is 1. The van der Waals surface area contributed by atoms with E-state index in [2.05, 4.69) is 46.9 Å². The molecule has 0 aliphatic carbocycles. The number of nitrogens with one attached hydrogen (secondary N) is 2. The van der Waals surface area contributed by atoms with Gasteiger partial charge < -0.3 is 15.7 Å². The largest absolute Gasteiger partial charge is 0.506 e. The van der Waals surface area contributed by atoms with Gasteiger partial charge in [0.05, 0.1) is 6.20 Å². The van der Waals surface area contributed by atoms with E-state index in [1.165, 1.54) is 0 Å². The molecule has 0 aliphatic rings. The van der Waals surface area contributed by atoms with Gasteiger partial charge in [-0.05, 0) is 30.3 Å². The van der Waals surface area contributed by atoms with Gasteiger partial charge in [-0.15, -0.1) is 0 Å². The number of likely N-dealkylation sites (N-methyl/N-ethyl adjacent to an activating group) is 1.